The summed E-state index contributed by atoms with van der Waals surface area (Å²) in [5.74, 6) is 0.538. The third-order valence-electron chi connectivity index (χ3n) is 2.48. The molecule has 1 nitrogen and oxygen atoms in total. The zero-order chi connectivity index (χ0) is 11.3. The summed E-state index contributed by atoms with van der Waals surface area (Å²) < 4.78 is 12.7. The van der Waals surface area contributed by atoms with Crippen LogP contribution in [0.2, 0.25) is 0 Å². The second kappa shape index (κ2) is 5.64. The Balaban J connectivity index is 2.78. The number of carbonyl (C=O) groups excluding carboxylic acids is 1. The largest absolute Gasteiger partial charge is 0.303 e. The Morgan fingerprint density at radius 3 is 2.33 bits per heavy atom. The van der Waals surface area contributed by atoms with Crippen LogP contribution in [0.4, 0.5) is 4.39 Å². The summed E-state index contributed by atoms with van der Waals surface area (Å²) >= 11 is 0. The van der Waals surface area contributed by atoms with Crippen LogP contribution in [0, 0.1) is 11.7 Å². The topological polar surface area (TPSA) is 17.1 Å². The van der Waals surface area contributed by atoms with E-state index in [4.69, 9.17) is 0 Å². The summed E-state index contributed by atoms with van der Waals surface area (Å²) in [5, 5.41) is 0. The fourth-order valence-corrected chi connectivity index (χ4v) is 1.79. The van der Waals surface area contributed by atoms with Crippen LogP contribution in [-0.2, 0) is 4.79 Å². The van der Waals surface area contributed by atoms with Gasteiger partial charge in [0.25, 0.3) is 0 Å². The van der Waals surface area contributed by atoms with Crippen molar-refractivity contribution in [2.45, 2.75) is 32.6 Å². The summed E-state index contributed by atoms with van der Waals surface area (Å²) in [5.41, 5.74) is 1.05. The maximum atomic E-state index is 12.7. The zero-order valence-electron chi connectivity index (χ0n) is 9.24. The normalized spacial score (nSPS) is 12.8. The Morgan fingerprint density at radius 1 is 1.27 bits per heavy atom. The third-order valence-corrected chi connectivity index (χ3v) is 2.48. The highest BCUT2D eigenvalue weighted by Gasteiger charge is 2.12. The van der Waals surface area contributed by atoms with Crippen LogP contribution in [-0.4, -0.2) is 6.29 Å². The number of hydrogen-bond donors (Lipinski definition) is 0. The smallest absolute Gasteiger partial charge is 0.123 e. The molecule has 0 aliphatic carbocycles. The van der Waals surface area contributed by atoms with E-state index in [0.29, 0.717) is 12.3 Å². The lowest BCUT2D eigenvalue weighted by Crippen LogP contribution is -2.04. The Kier molecular flexibility index (Phi) is 4.47. The quantitative estimate of drug-likeness (QED) is 0.676. The molecule has 1 rings (SSSR count). The monoisotopic (exact) mass is 208 g/mol. The average Bonchev–Trinajstić information content (AvgIpc) is 2.17. The first-order valence-electron chi connectivity index (χ1n) is 5.32. The minimum Gasteiger partial charge on any atom is -0.303 e. The average molecular weight is 208 g/mol. The third kappa shape index (κ3) is 3.82. The molecule has 0 N–H and O–H groups in total. The Morgan fingerprint density at radius 2 is 1.87 bits per heavy atom. The van der Waals surface area contributed by atoms with Crippen molar-refractivity contribution in [2.75, 3.05) is 0 Å². The first kappa shape index (κ1) is 11.9. The maximum Gasteiger partial charge on any atom is 0.123 e. The van der Waals surface area contributed by atoms with Gasteiger partial charge >= 0.3 is 0 Å². The molecule has 1 atom stereocenters. The number of halogens is 1. The minimum atomic E-state index is -0.229. The van der Waals surface area contributed by atoms with Gasteiger partial charge in [-0.3, -0.25) is 0 Å². The van der Waals surface area contributed by atoms with Crippen molar-refractivity contribution in [1.29, 1.82) is 0 Å². The zero-order valence-corrected chi connectivity index (χ0v) is 9.24. The standard InChI is InChI=1S/C13H17FO/c1-10(2)9-12(7-8-15)11-3-5-13(14)6-4-11/h3-6,8,10,12H,7,9H2,1-2H3. The minimum absolute atomic E-state index is 0.225. The molecule has 0 saturated heterocycles. The van der Waals surface area contributed by atoms with Gasteiger partial charge in [0.1, 0.15) is 12.1 Å². The molecule has 0 bridgehead atoms. The first-order valence-corrected chi connectivity index (χ1v) is 5.32. The van der Waals surface area contributed by atoms with Crippen LogP contribution in [0.3, 0.4) is 0 Å². The van der Waals surface area contributed by atoms with Crippen LogP contribution < -0.4 is 0 Å². The predicted molar refractivity (Wildman–Crippen MR) is 59.3 cm³/mol. The molecule has 1 aromatic carbocycles. The van der Waals surface area contributed by atoms with Gasteiger partial charge in [-0.2, -0.15) is 0 Å². The van der Waals surface area contributed by atoms with E-state index < -0.39 is 0 Å². The van der Waals surface area contributed by atoms with Crippen molar-refractivity contribution in [3.8, 4) is 0 Å². The molecule has 1 aromatic rings. The summed E-state index contributed by atoms with van der Waals surface area (Å²) in [6.07, 6.45) is 2.42. The predicted octanol–water partition coefficient (Wildman–Crippen LogP) is 3.54. The van der Waals surface area contributed by atoms with Crippen molar-refractivity contribution in [2.24, 2.45) is 5.92 Å². The second-order valence-electron chi connectivity index (χ2n) is 4.28. The summed E-state index contributed by atoms with van der Waals surface area (Å²) in [4.78, 5) is 10.6. The molecule has 0 aliphatic rings. The molecule has 0 fully saturated rings. The van der Waals surface area contributed by atoms with E-state index in [1.807, 2.05) is 0 Å². The van der Waals surface area contributed by atoms with Crippen molar-refractivity contribution in [3.63, 3.8) is 0 Å². The summed E-state index contributed by atoms with van der Waals surface area (Å²) in [7, 11) is 0. The summed E-state index contributed by atoms with van der Waals surface area (Å²) in [6, 6.07) is 6.44. The number of benzene rings is 1. The van der Waals surface area contributed by atoms with E-state index in [-0.39, 0.29) is 11.7 Å². The molecule has 0 aromatic heterocycles. The lowest BCUT2D eigenvalue weighted by atomic mass is 9.88. The van der Waals surface area contributed by atoms with E-state index in [0.717, 1.165) is 18.3 Å². The molecule has 0 saturated carbocycles. The molecular weight excluding hydrogens is 191 g/mol. The van der Waals surface area contributed by atoms with E-state index in [9.17, 15) is 9.18 Å². The Bertz CT molecular complexity index is 303. The fourth-order valence-electron chi connectivity index (χ4n) is 1.79. The van der Waals surface area contributed by atoms with Crippen molar-refractivity contribution >= 4 is 6.29 Å². The van der Waals surface area contributed by atoms with Gasteiger partial charge < -0.3 is 4.79 Å². The van der Waals surface area contributed by atoms with Crippen LogP contribution in [0.15, 0.2) is 24.3 Å². The van der Waals surface area contributed by atoms with Gasteiger partial charge in [-0.25, -0.2) is 4.39 Å². The molecule has 0 amide bonds. The molecule has 0 heterocycles. The lowest BCUT2D eigenvalue weighted by Gasteiger charge is -2.16. The van der Waals surface area contributed by atoms with Crippen LogP contribution in [0.25, 0.3) is 0 Å². The number of rotatable bonds is 5. The molecule has 1 unspecified atom stereocenters. The van der Waals surface area contributed by atoms with Crippen LogP contribution >= 0.6 is 0 Å². The Labute approximate surface area is 90.3 Å². The molecule has 82 valence electrons. The van der Waals surface area contributed by atoms with E-state index in [1.165, 1.54) is 12.1 Å². The van der Waals surface area contributed by atoms with Crippen LogP contribution in [0.1, 0.15) is 38.2 Å². The number of hydrogen-bond acceptors (Lipinski definition) is 1. The highest BCUT2D eigenvalue weighted by molar-refractivity contribution is 5.51. The maximum absolute atomic E-state index is 12.7. The lowest BCUT2D eigenvalue weighted by molar-refractivity contribution is -0.108. The Hall–Kier alpha value is -1.18. The summed E-state index contributed by atoms with van der Waals surface area (Å²) in [6.45, 7) is 4.25. The van der Waals surface area contributed by atoms with Crippen LogP contribution in [0.5, 0.6) is 0 Å². The van der Waals surface area contributed by atoms with Gasteiger partial charge in [-0.05, 0) is 36.0 Å². The molecule has 0 radical (unpaired) electrons. The molecule has 15 heavy (non-hydrogen) atoms. The SMILES string of the molecule is CC(C)CC(CC=O)c1ccc(F)cc1. The van der Waals surface area contributed by atoms with Crippen molar-refractivity contribution < 1.29 is 9.18 Å². The van der Waals surface area contributed by atoms with Gasteiger partial charge in [-0.15, -0.1) is 0 Å². The molecule has 0 aliphatic heterocycles. The number of aldehydes is 1. The van der Waals surface area contributed by atoms with Gasteiger partial charge in [0.05, 0.1) is 0 Å². The van der Waals surface area contributed by atoms with Gasteiger partial charge in [0, 0.05) is 6.42 Å². The molecule has 0 spiro atoms. The highest BCUT2D eigenvalue weighted by atomic mass is 19.1. The fraction of sp³-hybridized carbons (Fsp3) is 0.462. The van der Waals surface area contributed by atoms with E-state index >= 15 is 0 Å². The van der Waals surface area contributed by atoms with Gasteiger partial charge in [0.2, 0.25) is 0 Å². The van der Waals surface area contributed by atoms with E-state index in [2.05, 4.69) is 13.8 Å². The van der Waals surface area contributed by atoms with Crippen molar-refractivity contribution in [3.05, 3.63) is 35.6 Å². The highest BCUT2D eigenvalue weighted by Crippen LogP contribution is 2.26. The first-order chi connectivity index (χ1) is 7.13. The van der Waals surface area contributed by atoms with Crippen molar-refractivity contribution in [1.82, 2.24) is 0 Å². The second-order valence-corrected chi connectivity index (χ2v) is 4.28. The number of carbonyl (C=O) groups is 1. The van der Waals surface area contributed by atoms with Gasteiger partial charge in [0.15, 0.2) is 0 Å². The van der Waals surface area contributed by atoms with Gasteiger partial charge in [-0.1, -0.05) is 26.0 Å². The molecular formula is C13H17FO. The van der Waals surface area contributed by atoms with E-state index in [1.54, 1.807) is 12.1 Å². The molecule has 2 heteroatoms.